The maximum absolute atomic E-state index is 12.4. The molecule has 1 aromatic carbocycles. The Morgan fingerprint density at radius 2 is 2.14 bits per heavy atom. The molecule has 0 spiro atoms. The highest BCUT2D eigenvalue weighted by molar-refractivity contribution is 5.88. The van der Waals surface area contributed by atoms with Crippen LogP contribution < -0.4 is 16.0 Å². The fraction of sp³-hybridized carbons (Fsp3) is 0.529. The molecule has 0 aromatic heterocycles. The van der Waals surface area contributed by atoms with Crippen LogP contribution in [0.4, 0.5) is 5.69 Å². The number of benzene rings is 1. The van der Waals surface area contributed by atoms with Gasteiger partial charge >= 0.3 is 0 Å². The SMILES string of the molecule is CC(=O)Nc1cccc(C(C)NC(=O)[C@H]2CCN[C@@H](C)C2)c1. The van der Waals surface area contributed by atoms with Gasteiger partial charge in [-0.1, -0.05) is 12.1 Å². The molecule has 5 nitrogen and oxygen atoms in total. The minimum Gasteiger partial charge on any atom is -0.349 e. The van der Waals surface area contributed by atoms with E-state index in [4.69, 9.17) is 0 Å². The summed E-state index contributed by atoms with van der Waals surface area (Å²) in [6.07, 6.45) is 1.76. The zero-order chi connectivity index (χ0) is 16.1. The molecule has 0 radical (unpaired) electrons. The maximum atomic E-state index is 12.4. The molecule has 1 unspecified atom stereocenters. The van der Waals surface area contributed by atoms with Crippen molar-refractivity contribution in [2.24, 2.45) is 5.92 Å². The van der Waals surface area contributed by atoms with Crippen LogP contribution in [0.25, 0.3) is 0 Å². The number of carbonyl (C=O) groups excluding carboxylic acids is 2. The van der Waals surface area contributed by atoms with E-state index in [2.05, 4.69) is 22.9 Å². The van der Waals surface area contributed by atoms with Crippen LogP contribution in [0.5, 0.6) is 0 Å². The summed E-state index contributed by atoms with van der Waals surface area (Å²) in [5.74, 6) is 0.0977. The number of hydrogen-bond donors (Lipinski definition) is 3. The van der Waals surface area contributed by atoms with Gasteiger partial charge in [0.15, 0.2) is 0 Å². The zero-order valence-corrected chi connectivity index (χ0v) is 13.5. The lowest BCUT2D eigenvalue weighted by molar-refractivity contribution is -0.126. The zero-order valence-electron chi connectivity index (χ0n) is 13.5. The Hall–Kier alpha value is -1.88. The van der Waals surface area contributed by atoms with E-state index in [9.17, 15) is 9.59 Å². The van der Waals surface area contributed by atoms with Crippen molar-refractivity contribution in [1.82, 2.24) is 10.6 Å². The van der Waals surface area contributed by atoms with Crippen molar-refractivity contribution in [3.05, 3.63) is 29.8 Å². The first-order valence-corrected chi connectivity index (χ1v) is 7.87. The van der Waals surface area contributed by atoms with Crippen LogP contribution in [0.15, 0.2) is 24.3 Å². The molecule has 1 aliphatic rings. The Morgan fingerprint density at radius 1 is 1.36 bits per heavy atom. The molecule has 1 aromatic rings. The van der Waals surface area contributed by atoms with Crippen LogP contribution in [-0.2, 0) is 9.59 Å². The number of hydrogen-bond acceptors (Lipinski definition) is 3. The number of carbonyl (C=O) groups is 2. The first kappa shape index (κ1) is 16.5. The van der Waals surface area contributed by atoms with Gasteiger partial charge in [0.1, 0.15) is 0 Å². The fourth-order valence-corrected chi connectivity index (χ4v) is 2.87. The molecule has 2 amide bonds. The topological polar surface area (TPSA) is 70.2 Å². The third-order valence-corrected chi connectivity index (χ3v) is 4.06. The molecule has 1 saturated heterocycles. The van der Waals surface area contributed by atoms with E-state index in [0.717, 1.165) is 30.6 Å². The van der Waals surface area contributed by atoms with Crippen molar-refractivity contribution in [2.75, 3.05) is 11.9 Å². The summed E-state index contributed by atoms with van der Waals surface area (Å²) in [5.41, 5.74) is 1.74. The van der Waals surface area contributed by atoms with E-state index in [0.29, 0.717) is 6.04 Å². The van der Waals surface area contributed by atoms with Crippen molar-refractivity contribution >= 4 is 17.5 Å². The quantitative estimate of drug-likeness (QED) is 0.798. The summed E-state index contributed by atoms with van der Waals surface area (Å²) in [5, 5.41) is 9.21. The van der Waals surface area contributed by atoms with Crippen LogP contribution in [0.1, 0.15) is 45.2 Å². The molecule has 1 fully saturated rings. The van der Waals surface area contributed by atoms with Crippen molar-refractivity contribution < 1.29 is 9.59 Å². The fourth-order valence-electron chi connectivity index (χ4n) is 2.87. The van der Waals surface area contributed by atoms with Gasteiger partial charge in [-0.05, 0) is 50.9 Å². The van der Waals surface area contributed by atoms with Crippen LogP contribution in [0.2, 0.25) is 0 Å². The Morgan fingerprint density at radius 3 is 2.82 bits per heavy atom. The highest BCUT2D eigenvalue weighted by atomic mass is 16.2. The van der Waals surface area contributed by atoms with E-state index in [1.807, 2.05) is 31.2 Å². The molecule has 3 atom stereocenters. The molecule has 1 aliphatic heterocycles. The summed E-state index contributed by atoms with van der Waals surface area (Å²) in [4.78, 5) is 23.5. The van der Waals surface area contributed by atoms with Gasteiger partial charge < -0.3 is 16.0 Å². The van der Waals surface area contributed by atoms with Crippen LogP contribution in [0.3, 0.4) is 0 Å². The van der Waals surface area contributed by atoms with Gasteiger partial charge in [-0.25, -0.2) is 0 Å². The predicted octanol–water partition coefficient (Wildman–Crippen LogP) is 2.21. The highest BCUT2D eigenvalue weighted by Crippen LogP contribution is 2.20. The first-order valence-electron chi connectivity index (χ1n) is 7.87. The van der Waals surface area contributed by atoms with Gasteiger partial charge in [0.25, 0.3) is 0 Å². The largest absolute Gasteiger partial charge is 0.349 e. The second-order valence-corrected chi connectivity index (χ2v) is 6.11. The molecule has 0 aliphatic carbocycles. The first-order chi connectivity index (χ1) is 10.5. The second-order valence-electron chi connectivity index (χ2n) is 6.11. The predicted molar refractivity (Wildman–Crippen MR) is 87.5 cm³/mol. The molecule has 0 saturated carbocycles. The second kappa shape index (κ2) is 7.40. The van der Waals surface area contributed by atoms with Crippen molar-refractivity contribution in [2.45, 2.75) is 45.7 Å². The van der Waals surface area contributed by atoms with Gasteiger partial charge in [0.05, 0.1) is 6.04 Å². The lowest BCUT2D eigenvalue weighted by Gasteiger charge is -2.28. The molecular weight excluding hydrogens is 278 g/mol. The molecule has 1 heterocycles. The number of rotatable bonds is 4. The molecule has 0 bridgehead atoms. The van der Waals surface area contributed by atoms with Gasteiger partial charge in [-0.2, -0.15) is 0 Å². The van der Waals surface area contributed by atoms with E-state index in [-0.39, 0.29) is 23.8 Å². The van der Waals surface area contributed by atoms with E-state index >= 15 is 0 Å². The van der Waals surface area contributed by atoms with Crippen LogP contribution >= 0.6 is 0 Å². The van der Waals surface area contributed by atoms with Crippen LogP contribution in [-0.4, -0.2) is 24.4 Å². The van der Waals surface area contributed by atoms with Crippen molar-refractivity contribution in [1.29, 1.82) is 0 Å². The Kier molecular flexibility index (Phi) is 5.55. The summed E-state index contributed by atoms with van der Waals surface area (Å²) >= 11 is 0. The molecule has 22 heavy (non-hydrogen) atoms. The summed E-state index contributed by atoms with van der Waals surface area (Å²) < 4.78 is 0. The van der Waals surface area contributed by atoms with Gasteiger partial charge in [-0.15, -0.1) is 0 Å². The molecule has 5 heteroatoms. The standard InChI is InChI=1S/C17H25N3O2/c1-11-9-15(7-8-18-11)17(22)19-12(2)14-5-4-6-16(10-14)20-13(3)21/h4-6,10-12,15,18H,7-9H2,1-3H3,(H,19,22)(H,20,21)/t11-,12?,15-/m0/s1. The average Bonchev–Trinajstić information content (AvgIpc) is 2.46. The monoisotopic (exact) mass is 303 g/mol. The maximum Gasteiger partial charge on any atom is 0.223 e. The number of nitrogens with one attached hydrogen (secondary N) is 3. The summed E-state index contributed by atoms with van der Waals surface area (Å²) in [6.45, 7) is 6.46. The van der Waals surface area contributed by atoms with Crippen molar-refractivity contribution in [3.8, 4) is 0 Å². The number of piperidine rings is 1. The Balaban J connectivity index is 1.97. The van der Waals surface area contributed by atoms with Crippen molar-refractivity contribution in [3.63, 3.8) is 0 Å². The van der Waals surface area contributed by atoms with Crippen LogP contribution in [0, 0.1) is 5.92 Å². The number of amides is 2. The Labute approximate surface area is 131 Å². The van der Waals surface area contributed by atoms with E-state index in [1.165, 1.54) is 6.92 Å². The third kappa shape index (κ3) is 4.56. The van der Waals surface area contributed by atoms with Gasteiger partial charge in [-0.3, -0.25) is 9.59 Å². The minimum atomic E-state index is -0.0995. The van der Waals surface area contributed by atoms with E-state index in [1.54, 1.807) is 0 Å². The molecule has 120 valence electrons. The molecular formula is C17H25N3O2. The third-order valence-electron chi connectivity index (χ3n) is 4.06. The average molecular weight is 303 g/mol. The Bertz CT molecular complexity index is 544. The summed E-state index contributed by atoms with van der Waals surface area (Å²) in [7, 11) is 0. The normalized spacial score (nSPS) is 22.7. The number of anilines is 1. The molecule has 2 rings (SSSR count). The minimum absolute atomic E-state index is 0.0774. The smallest absolute Gasteiger partial charge is 0.223 e. The highest BCUT2D eigenvalue weighted by Gasteiger charge is 2.25. The van der Waals surface area contributed by atoms with Gasteiger partial charge in [0.2, 0.25) is 11.8 Å². The van der Waals surface area contributed by atoms with Gasteiger partial charge in [0, 0.05) is 24.6 Å². The molecule has 3 N–H and O–H groups in total. The lowest BCUT2D eigenvalue weighted by atomic mass is 9.92. The summed E-state index contributed by atoms with van der Waals surface area (Å²) in [6, 6.07) is 7.90. The van der Waals surface area contributed by atoms with E-state index < -0.39 is 0 Å². The lowest BCUT2D eigenvalue weighted by Crippen LogP contribution is -2.42.